The van der Waals surface area contributed by atoms with Crippen LogP contribution < -0.4 is 5.32 Å². The number of halogens is 3. The molecule has 0 aliphatic carbocycles. The molecule has 1 aromatic rings. The number of nitrogens with zero attached hydrogens (tertiary/aromatic N) is 1. The van der Waals surface area contributed by atoms with Crippen molar-refractivity contribution in [1.29, 1.82) is 0 Å². The summed E-state index contributed by atoms with van der Waals surface area (Å²) < 4.78 is 36.2. The molecule has 1 heterocycles. The molecule has 1 aromatic carbocycles. The van der Waals surface area contributed by atoms with Gasteiger partial charge in [-0.2, -0.15) is 13.2 Å². The summed E-state index contributed by atoms with van der Waals surface area (Å²) in [5, 5.41) is 1.04. The number of rotatable bonds is 2. The second kappa shape index (κ2) is 6.15. The van der Waals surface area contributed by atoms with Crippen LogP contribution in [0.4, 0.5) is 18.0 Å². The van der Waals surface area contributed by atoms with Crippen molar-refractivity contribution in [3.63, 3.8) is 0 Å². The highest BCUT2D eigenvalue weighted by atomic mass is 19.4. The number of amides is 2. The van der Waals surface area contributed by atoms with Crippen molar-refractivity contribution in [1.82, 2.24) is 10.2 Å². The molecule has 1 aliphatic heterocycles. The van der Waals surface area contributed by atoms with Crippen molar-refractivity contribution >= 4 is 6.03 Å². The summed E-state index contributed by atoms with van der Waals surface area (Å²) in [5.41, 5.74) is 1.23. The molecule has 2 amide bonds. The first-order valence-electron chi connectivity index (χ1n) is 6.62. The maximum Gasteiger partial charge on any atom is 0.485 e. The highest BCUT2D eigenvalue weighted by Gasteiger charge is 2.33. The summed E-state index contributed by atoms with van der Waals surface area (Å²) in [5.74, 6) is 0.423. The monoisotopic (exact) mass is 286 g/mol. The fourth-order valence-electron chi connectivity index (χ4n) is 2.49. The summed E-state index contributed by atoms with van der Waals surface area (Å²) in [4.78, 5) is 12.6. The van der Waals surface area contributed by atoms with Crippen LogP contribution in [0.15, 0.2) is 30.3 Å². The molecule has 6 heteroatoms. The number of nitrogens with one attached hydrogen (secondary N) is 1. The van der Waals surface area contributed by atoms with E-state index in [1.54, 1.807) is 0 Å². The zero-order valence-corrected chi connectivity index (χ0v) is 11.0. The number of benzene rings is 1. The van der Waals surface area contributed by atoms with Crippen LogP contribution in [-0.4, -0.2) is 30.3 Å². The van der Waals surface area contributed by atoms with Gasteiger partial charge in [-0.25, -0.2) is 10.1 Å². The predicted octanol–water partition coefficient (Wildman–Crippen LogP) is 3.17. The van der Waals surface area contributed by atoms with Crippen LogP contribution in [-0.2, 0) is 6.42 Å². The number of carbonyl (C=O) groups is 1. The number of urea groups is 1. The van der Waals surface area contributed by atoms with E-state index in [2.05, 4.69) is 0 Å². The van der Waals surface area contributed by atoms with E-state index in [0.717, 1.165) is 24.6 Å². The summed E-state index contributed by atoms with van der Waals surface area (Å²) in [6, 6.07) is 8.94. The molecule has 0 spiro atoms. The number of hydrogen-bond donors (Lipinski definition) is 1. The summed E-state index contributed by atoms with van der Waals surface area (Å²) in [6.07, 6.45) is -2.27. The van der Waals surface area contributed by atoms with E-state index in [9.17, 15) is 18.0 Å². The second-order valence-electron chi connectivity index (χ2n) is 5.05. The van der Waals surface area contributed by atoms with Crippen LogP contribution in [0.5, 0.6) is 0 Å². The van der Waals surface area contributed by atoms with Gasteiger partial charge in [0, 0.05) is 13.1 Å². The predicted molar refractivity (Wildman–Crippen MR) is 69.0 cm³/mol. The second-order valence-corrected chi connectivity index (χ2v) is 5.05. The average Bonchev–Trinajstić information content (AvgIpc) is 2.39. The summed E-state index contributed by atoms with van der Waals surface area (Å²) >= 11 is 0. The van der Waals surface area contributed by atoms with Gasteiger partial charge in [0.1, 0.15) is 0 Å². The first-order chi connectivity index (χ1) is 9.44. The number of alkyl halides is 3. The molecule has 1 saturated heterocycles. The van der Waals surface area contributed by atoms with Crippen molar-refractivity contribution in [2.75, 3.05) is 13.1 Å². The fourth-order valence-corrected chi connectivity index (χ4v) is 2.49. The van der Waals surface area contributed by atoms with Crippen molar-refractivity contribution in [2.24, 2.45) is 5.92 Å². The van der Waals surface area contributed by atoms with E-state index >= 15 is 0 Å². The Hall–Kier alpha value is -1.72. The molecule has 2 rings (SSSR count). The van der Waals surface area contributed by atoms with Crippen LogP contribution in [0.25, 0.3) is 0 Å². The highest BCUT2D eigenvalue weighted by Crippen LogP contribution is 2.22. The number of carbonyl (C=O) groups excluding carboxylic acids is 1. The maximum absolute atomic E-state index is 12.1. The Morgan fingerprint density at radius 2 is 1.80 bits per heavy atom. The van der Waals surface area contributed by atoms with Crippen molar-refractivity contribution in [3.8, 4) is 0 Å². The van der Waals surface area contributed by atoms with E-state index < -0.39 is 12.3 Å². The van der Waals surface area contributed by atoms with Gasteiger partial charge >= 0.3 is 12.3 Å². The van der Waals surface area contributed by atoms with Crippen molar-refractivity contribution < 1.29 is 18.0 Å². The van der Waals surface area contributed by atoms with Crippen LogP contribution in [0.1, 0.15) is 18.4 Å². The molecule has 1 N–H and O–H groups in total. The van der Waals surface area contributed by atoms with Gasteiger partial charge in [-0.15, -0.1) is 0 Å². The molecule has 0 radical (unpaired) electrons. The zero-order chi connectivity index (χ0) is 14.6. The highest BCUT2D eigenvalue weighted by molar-refractivity contribution is 5.74. The lowest BCUT2D eigenvalue weighted by atomic mass is 9.90. The van der Waals surface area contributed by atoms with Crippen molar-refractivity contribution in [2.45, 2.75) is 25.6 Å². The molecule has 1 aliphatic rings. The third-order valence-corrected chi connectivity index (χ3v) is 3.52. The maximum atomic E-state index is 12.1. The Morgan fingerprint density at radius 1 is 1.20 bits per heavy atom. The van der Waals surface area contributed by atoms with Gasteiger partial charge in [0.15, 0.2) is 0 Å². The Morgan fingerprint density at radius 3 is 2.35 bits per heavy atom. The van der Waals surface area contributed by atoms with Gasteiger partial charge in [0.25, 0.3) is 0 Å². The van der Waals surface area contributed by atoms with Gasteiger partial charge in [0.05, 0.1) is 0 Å². The standard InChI is InChI=1S/C14H17F3N2O/c15-14(16,17)18-13(20)19-8-6-12(7-9-19)10-11-4-2-1-3-5-11/h1-5,12H,6-10H2,(H,18,20). The van der Waals surface area contributed by atoms with Crippen LogP contribution in [0, 0.1) is 5.92 Å². The third-order valence-electron chi connectivity index (χ3n) is 3.52. The van der Waals surface area contributed by atoms with Gasteiger partial charge in [0.2, 0.25) is 0 Å². The first kappa shape index (κ1) is 14.7. The Kier molecular flexibility index (Phi) is 4.52. The van der Waals surface area contributed by atoms with Crippen molar-refractivity contribution in [3.05, 3.63) is 35.9 Å². The van der Waals surface area contributed by atoms with E-state index in [4.69, 9.17) is 0 Å². The number of piperidine rings is 1. The molecule has 1 fully saturated rings. The largest absolute Gasteiger partial charge is 0.485 e. The fraction of sp³-hybridized carbons (Fsp3) is 0.500. The van der Waals surface area contributed by atoms with Crippen LogP contribution >= 0.6 is 0 Å². The lowest BCUT2D eigenvalue weighted by Crippen LogP contribution is -2.49. The molecule has 0 unspecified atom stereocenters. The minimum absolute atomic E-state index is 0.374. The van der Waals surface area contributed by atoms with Crippen LogP contribution in [0.3, 0.4) is 0 Å². The quantitative estimate of drug-likeness (QED) is 0.832. The first-order valence-corrected chi connectivity index (χ1v) is 6.62. The van der Waals surface area contributed by atoms with Gasteiger partial charge in [-0.3, -0.25) is 0 Å². The molecule has 0 bridgehead atoms. The molecule has 3 nitrogen and oxygen atoms in total. The van der Waals surface area contributed by atoms with Gasteiger partial charge in [-0.05, 0) is 30.7 Å². The summed E-state index contributed by atoms with van der Waals surface area (Å²) in [7, 11) is 0. The van der Waals surface area contributed by atoms with E-state index in [1.807, 2.05) is 30.3 Å². The van der Waals surface area contributed by atoms with E-state index in [1.165, 1.54) is 10.5 Å². The van der Waals surface area contributed by atoms with Gasteiger partial charge in [-0.1, -0.05) is 30.3 Å². The molecule has 0 aromatic heterocycles. The molecule has 0 saturated carbocycles. The minimum Gasteiger partial charge on any atom is -0.325 e. The zero-order valence-electron chi connectivity index (χ0n) is 11.0. The Bertz CT molecular complexity index is 439. The number of hydrogen-bond acceptors (Lipinski definition) is 1. The SMILES string of the molecule is O=C(NC(F)(F)F)N1CCC(Cc2ccccc2)CC1. The smallest absolute Gasteiger partial charge is 0.325 e. The normalized spacial score (nSPS) is 17.1. The van der Waals surface area contributed by atoms with Gasteiger partial charge < -0.3 is 4.90 Å². The molecule has 110 valence electrons. The molecular weight excluding hydrogens is 269 g/mol. The average molecular weight is 286 g/mol. The Balaban J connectivity index is 1.79. The Labute approximate surface area is 115 Å². The molecule has 0 atom stereocenters. The van der Waals surface area contributed by atoms with Crippen LogP contribution in [0.2, 0.25) is 0 Å². The molecular formula is C14H17F3N2O. The third kappa shape index (κ3) is 4.43. The van der Waals surface area contributed by atoms with E-state index in [-0.39, 0.29) is 0 Å². The number of likely N-dealkylation sites (tertiary alicyclic amines) is 1. The lowest BCUT2D eigenvalue weighted by molar-refractivity contribution is -0.147. The molecule has 20 heavy (non-hydrogen) atoms. The van der Waals surface area contributed by atoms with E-state index in [0.29, 0.717) is 19.0 Å². The topological polar surface area (TPSA) is 32.3 Å². The minimum atomic E-state index is -4.65. The summed E-state index contributed by atoms with van der Waals surface area (Å²) in [6.45, 7) is 0.749. The lowest BCUT2D eigenvalue weighted by Gasteiger charge is -2.32.